The summed E-state index contributed by atoms with van der Waals surface area (Å²) in [5.41, 5.74) is 0. The molecule has 3 heteroatoms. The van der Waals surface area contributed by atoms with Gasteiger partial charge in [0.1, 0.15) is 0 Å². The molecule has 41 valence electrons. The van der Waals surface area contributed by atoms with Crippen molar-refractivity contribution in [2.45, 2.75) is 6.92 Å². The molecule has 2 nitrogen and oxygen atoms in total. The van der Waals surface area contributed by atoms with Crippen molar-refractivity contribution in [1.29, 1.82) is 0 Å². The Labute approximate surface area is 71.2 Å². The van der Waals surface area contributed by atoms with E-state index >= 15 is 0 Å². The fraction of sp³-hybridized carbons (Fsp3) is 0.400. The average molecular weight is 123 g/mol. The first-order valence-electron chi connectivity index (χ1n) is 2.10. The van der Waals surface area contributed by atoms with Crippen LogP contribution in [0.25, 0.3) is 0 Å². The maximum atomic E-state index is 10.1. The number of carbonyl (C=O) groups excluding carboxylic acids is 1. The van der Waals surface area contributed by atoms with Crippen LogP contribution in [0.5, 0.6) is 0 Å². The van der Waals surface area contributed by atoms with E-state index in [-0.39, 0.29) is 35.5 Å². The molecule has 0 aliphatic rings. The molecule has 0 aromatic carbocycles. The standard InChI is InChI=1S/C5H8O2.Na/c1-3-5(6)7-4-2;/h3H,1,4H2,2H3;. The summed E-state index contributed by atoms with van der Waals surface area (Å²) in [6.45, 7) is 5.38. The van der Waals surface area contributed by atoms with Crippen LogP contribution in [0.2, 0.25) is 0 Å². The van der Waals surface area contributed by atoms with Gasteiger partial charge in [-0.3, -0.25) is 0 Å². The Bertz CT molecular complexity index is 80.5. The van der Waals surface area contributed by atoms with Crippen molar-refractivity contribution < 1.29 is 9.53 Å². The molecule has 0 fully saturated rings. The van der Waals surface area contributed by atoms with Crippen LogP contribution in [0.1, 0.15) is 6.92 Å². The molecule has 0 saturated heterocycles. The molecule has 8 heavy (non-hydrogen) atoms. The van der Waals surface area contributed by atoms with Gasteiger partial charge in [-0.25, -0.2) is 4.79 Å². The summed E-state index contributed by atoms with van der Waals surface area (Å²) in [5.74, 6) is -0.359. The number of esters is 1. The van der Waals surface area contributed by atoms with Gasteiger partial charge in [0, 0.05) is 35.6 Å². The molecule has 0 heterocycles. The van der Waals surface area contributed by atoms with Gasteiger partial charge in [-0.1, -0.05) is 6.58 Å². The third kappa shape index (κ3) is 6.21. The Hall–Kier alpha value is 0.210. The van der Waals surface area contributed by atoms with Crippen molar-refractivity contribution in [1.82, 2.24) is 0 Å². The zero-order valence-electron chi connectivity index (χ0n) is 5.31. The molecule has 0 spiro atoms. The van der Waals surface area contributed by atoms with Crippen LogP contribution in [0, 0.1) is 0 Å². The van der Waals surface area contributed by atoms with Crippen molar-refractivity contribution in [2.24, 2.45) is 0 Å². The first-order chi connectivity index (χ1) is 3.31. The van der Waals surface area contributed by atoms with E-state index in [2.05, 4.69) is 11.3 Å². The molecular weight excluding hydrogens is 115 g/mol. The Kier molecular flexibility index (Phi) is 9.97. The molecule has 0 amide bonds. The molecule has 0 aliphatic carbocycles. The van der Waals surface area contributed by atoms with Gasteiger partial charge in [-0.2, -0.15) is 0 Å². The predicted octanol–water partition coefficient (Wildman–Crippen LogP) is 0.355. The molecule has 0 unspecified atom stereocenters. The normalized spacial score (nSPS) is 6.62. The summed E-state index contributed by atoms with van der Waals surface area (Å²) in [4.78, 5) is 10.1. The molecule has 0 atom stereocenters. The Morgan fingerprint density at radius 3 is 2.50 bits per heavy atom. The van der Waals surface area contributed by atoms with E-state index < -0.39 is 0 Å². The van der Waals surface area contributed by atoms with Crippen LogP contribution < -0.4 is 0 Å². The van der Waals surface area contributed by atoms with Gasteiger partial charge >= 0.3 is 5.97 Å². The molecule has 0 saturated carbocycles. The van der Waals surface area contributed by atoms with Crippen molar-refractivity contribution in [2.75, 3.05) is 6.61 Å². The van der Waals surface area contributed by atoms with E-state index in [9.17, 15) is 4.79 Å². The van der Waals surface area contributed by atoms with E-state index in [1.54, 1.807) is 6.92 Å². The summed E-state index contributed by atoms with van der Waals surface area (Å²) in [5, 5.41) is 0. The van der Waals surface area contributed by atoms with Crippen LogP contribution >= 0.6 is 0 Å². The molecule has 0 aliphatic heterocycles. The third-order valence-electron chi connectivity index (χ3n) is 0.453. The zero-order chi connectivity index (χ0) is 5.70. The van der Waals surface area contributed by atoms with E-state index in [4.69, 9.17) is 0 Å². The van der Waals surface area contributed by atoms with Gasteiger partial charge in [0.25, 0.3) is 0 Å². The molecule has 0 rings (SSSR count). The van der Waals surface area contributed by atoms with Crippen molar-refractivity contribution >= 4 is 35.5 Å². The fourth-order valence-electron chi connectivity index (χ4n) is 0.201. The van der Waals surface area contributed by atoms with Gasteiger partial charge in [0.15, 0.2) is 0 Å². The van der Waals surface area contributed by atoms with E-state index in [0.717, 1.165) is 6.08 Å². The predicted molar refractivity (Wildman–Crippen MR) is 32.6 cm³/mol. The number of carbonyl (C=O) groups is 1. The number of hydrogen-bond donors (Lipinski definition) is 0. The quantitative estimate of drug-likeness (QED) is 0.301. The molecular formula is C5H8NaO2. The number of rotatable bonds is 2. The second kappa shape index (κ2) is 7.21. The Morgan fingerprint density at radius 2 is 2.38 bits per heavy atom. The molecule has 1 radical (unpaired) electrons. The summed E-state index contributed by atoms with van der Waals surface area (Å²) < 4.78 is 4.43. The topological polar surface area (TPSA) is 26.3 Å². The minimum absolute atomic E-state index is 0. The summed E-state index contributed by atoms with van der Waals surface area (Å²) in [7, 11) is 0. The van der Waals surface area contributed by atoms with Crippen LogP contribution in [-0.4, -0.2) is 42.1 Å². The van der Waals surface area contributed by atoms with Crippen LogP contribution in [-0.2, 0) is 9.53 Å². The molecule has 0 aromatic rings. The first-order valence-corrected chi connectivity index (χ1v) is 2.10. The maximum Gasteiger partial charge on any atom is 0.330 e. The molecule has 0 N–H and O–H groups in total. The van der Waals surface area contributed by atoms with Gasteiger partial charge in [0.2, 0.25) is 0 Å². The average Bonchev–Trinajstić information content (AvgIpc) is 1.68. The monoisotopic (exact) mass is 123 g/mol. The van der Waals surface area contributed by atoms with Gasteiger partial charge in [0.05, 0.1) is 6.61 Å². The third-order valence-corrected chi connectivity index (χ3v) is 0.453. The second-order valence-electron chi connectivity index (χ2n) is 0.956. The van der Waals surface area contributed by atoms with Gasteiger partial charge in [-0.05, 0) is 6.92 Å². The van der Waals surface area contributed by atoms with Crippen molar-refractivity contribution in [3.8, 4) is 0 Å². The Morgan fingerprint density at radius 1 is 1.88 bits per heavy atom. The van der Waals surface area contributed by atoms with Crippen molar-refractivity contribution in [3.63, 3.8) is 0 Å². The largest absolute Gasteiger partial charge is 0.463 e. The van der Waals surface area contributed by atoms with Gasteiger partial charge < -0.3 is 4.74 Å². The number of ether oxygens (including phenoxy) is 1. The minimum Gasteiger partial charge on any atom is -0.463 e. The maximum absolute atomic E-state index is 10.1. The van der Waals surface area contributed by atoms with Crippen LogP contribution in [0.4, 0.5) is 0 Å². The van der Waals surface area contributed by atoms with E-state index in [0.29, 0.717) is 6.61 Å². The second-order valence-corrected chi connectivity index (χ2v) is 0.956. The molecule has 0 aromatic heterocycles. The minimum atomic E-state index is -0.359. The smallest absolute Gasteiger partial charge is 0.330 e. The van der Waals surface area contributed by atoms with E-state index in [1.165, 1.54) is 0 Å². The molecule has 0 bridgehead atoms. The summed E-state index contributed by atoms with van der Waals surface area (Å²) in [6.07, 6.45) is 1.14. The van der Waals surface area contributed by atoms with Gasteiger partial charge in [-0.15, -0.1) is 0 Å². The van der Waals surface area contributed by atoms with E-state index in [1.807, 2.05) is 0 Å². The zero-order valence-corrected chi connectivity index (χ0v) is 7.31. The Balaban J connectivity index is 0. The van der Waals surface area contributed by atoms with Crippen molar-refractivity contribution in [3.05, 3.63) is 12.7 Å². The fourth-order valence-corrected chi connectivity index (χ4v) is 0.201. The van der Waals surface area contributed by atoms with Crippen LogP contribution in [0.15, 0.2) is 12.7 Å². The SMILES string of the molecule is C=CC(=O)OCC.[Na]. The van der Waals surface area contributed by atoms with Crippen LogP contribution in [0.3, 0.4) is 0 Å². The number of hydrogen-bond acceptors (Lipinski definition) is 2. The summed E-state index contributed by atoms with van der Waals surface area (Å²) >= 11 is 0. The summed E-state index contributed by atoms with van der Waals surface area (Å²) in [6, 6.07) is 0. The first kappa shape index (κ1) is 11.1.